The van der Waals surface area contributed by atoms with Crippen LogP contribution in [0.15, 0.2) is 203 Å². The molecule has 0 spiro atoms. The van der Waals surface area contributed by atoms with Crippen molar-refractivity contribution >= 4 is 90.1 Å². The Morgan fingerprint density at radius 3 is 1.80 bits per heavy atom. The molecule has 64 heavy (non-hydrogen) atoms. The second kappa shape index (κ2) is 12.7. The minimum Gasteiger partial charge on any atom is -0.456 e. The smallest absolute Gasteiger partial charge is 0.333 e. The molecule has 0 saturated heterocycles. The fourth-order valence-electron chi connectivity index (χ4n) is 11.7. The predicted molar refractivity (Wildman–Crippen MR) is 265 cm³/mol. The van der Waals surface area contributed by atoms with Crippen LogP contribution in [-0.2, 0) is 10.8 Å². The lowest BCUT2D eigenvalue weighted by atomic mass is 9.42. The van der Waals surface area contributed by atoms with Crippen molar-refractivity contribution in [3.05, 3.63) is 222 Å². The first-order valence-electron chi connectivity index (χ1n) is 22.4. The molecule has 302 valence electrons. The number of anilines is 5. The van der Waals surface area contributed by atoms with E-state index < -0.39 is 5.41 Å². The molecule has 2 aromatic heterocycles. The summed E-state index contributed by atoms with van der Waals surface area (Å²) in [6, 6.07) is 71.7. The molecular formula is C59H41BN2O2. The van der Waals surface area contributed by atoms with Crippen LogP contribution in [0.5, 0.6) is 0 Å². The quantitative estimate of drug-likeness (QED) is 0.166. The second-order valence-electron chi connectivity index (χ2n) is 18.8. The molecule has 0 saturated carbocycles. The molecule has 0 bridgehead atoms. The van der Waals surface area contributed by atoms with Crippen molar-refractivity contribution in [2.75, 3.05) is 9.71 Å². The predicted octanol–water partition coefficient (Wildman–Crippen LogP) is 14.2. The molecule has 9 aromatic carbocycles. The Bertz CT molecular complexity index is 3690. The van der Waals surface area contributed by atoms with E-state index in [4.69, 9.17) is 8.83 Å². The number of rotatable bonds is 3. The zero-order valence-corrected chi connectivity index (χ0v) is 35.8. The molecule has 4 nitrogen and oxygen atoms in total. The molecule has 0 amide bonds. The van der Waals surface area contributed by atoms with Crippen molar-refractivity contribution in [1.29, 1.82) is 0 Å². The van der Waals surface area contributed by atoms with Crippen LogP contribution < -0.4 is 20.6 Å². The molecule has 5 heteroatoms. The molecule has 5 heterocycles. The van der Waals surface area contributed by atoms with E-state index in [1.165, 1.54) is 55.6 Å². The summed E-state index contributed by atoms with van der Waals surface area (Å²) in [7, 11) is 0. The van der Waals surface area contributed by atoms with Crippen LogP contribution in [0.25, 0.3) is 55.0 Å². The van der Waals surface area contributed by atoms with E-state index >= 15 is 0 Å². The van der Waals surface area contributed by atoms with Crippen LogP contribution >= 0.6 is 0 Å². The van der Waals surface area contributed by atoms with Gasteiger partial charge in [-0.05, 0) is 92.2 Å². The van der Waals surface area contributed by atoms with Gasteiger partial charge in [-0.25, -0.2) is 0 Å². The first kappa shape index (κ1) is 35.8. The summed E-state index contributed by atoms with van der Waals surface area (Å²) in [5, 5.41) is 4.44. The average Bonchev–Trinajstić information content (AvgIpc) is 3.90. The third-order valence-electron chi connectivity index (χ3n) is 14.4. The van der Waals surface area contributed by atoms with E-state index in [0.29, 0.717) is 0 Å². The normalized spacial score (nSPS) is 14.5. The molecule has 0 atom stereocenters. The second-order valence-corrected chi connectivity index (χ2v) is 18.8. The van der Waals surface area contributed by atoms with Crippen LogP contribution in [0.2, 0.25) is 0 Å². The Labute approximate surface area is 371 Å². The monoisotopic (exact) mass is 820 g/mol. The number of hydrogen-bond acceptors (Lipinski definition) is 4. The van der Waals surface area contributed by atoms with Crippen LogP contribution in [0, 0.1) is 0 Å². The van der Waals surface area contributed by atoms with E-state index in [1.54, 1.807) is 0 Å². The number of para-hydroxylation sites is 4. The molecule has 0 N–H and O–H groups in total. The fourth-order valence-corrected chi connectivity index (χ4v) is 11.7. The van der Waals surface area contributed by atoms with Crippen molar-refractivity contribution < 1.29 is 8.83 Å². The average molecular weight is 821 g/mol. The minimum absolute atomic E-state index is 0.000877. The first-order chi connectivity index (χ1) is 31.4. The summed E-state index contributed by atoms with van der Waals surface area (Å²) in [6.45, 7) is 6.63. The highest BCUT2D eigenvalue weighted by Crippen LogP contribution is 2.60. The van der Waals surface area contributed by atoms with Gasteiger partial charge in [0, 0.05) is 50.2 Å². The summed E-state index contributed by atoms with van der Waals surface area (Å²) in [5.41, 5.74) is 19.7. The van der Waals surface area contributed by atoms with Gasteiger partial charge in [0.2, 0.25) is 0 Å². The Morgan fingerprint density at radius 2 is 1.08 bits per heavy atom. The van der Waals surface area contributed by atoms with Crippen molar-refractivity contribution in [2.45, 2.75) is 31.6 Å². The lowest BCUT2D eigenvalue weighted by Gasteiger charge is -2.52. The molecule has 3 aliphatic heterocycles. The van der Waals surface area contributed by atoms with Gasteiger partial charge in [0.25, 0.3) is 0 Å². The third kappa shape index (κ3) is 4.58. The molecule has 0 unspecified atom stereocenters. The Balaban J connectivity index is 1.18. The van der Waals surface area contributed by atoms with E-state index in [-0.39, 0.29) is 12.3 Å². The Kier molecular flexibility index (Phi) is 7.09. The van der Waals surface area contributed by atoms with E-state index in [2.05, 4.69) is 225 Å². The Hall–Kier alpha value is -7.76. The van der Waals surface area contributed by atoms with Crippen LogP contribution in [-0.4, -0.2) is 6.85 Å². The number of benzene rings is 9. The summed E-state index contributed by atoms with van der Waals surface area (Å²) in [5.74, 6) is 0. The van der Waals surface area contributed by atoms with Gasteiger partial charge < -0.3 is 18.5 Å². The van der Waals surface area contributed by atoms with Gasteiger partial charge in [0.05, 0.1) is 16.8 Å². The van der Waals surface area contributed by atoms with Gasteiger partial charge in [-0.15, -0.1) is 0 Å². The maximum absolute atomic E-state index is 7.19. The lowest BCUT2D eigenvalue weighted by molar-refractivity contribution is 0.590. The molecule has 14 rings (SSSR count). The fraction of sp³-hybridized carbons (Fsp3) is 0.0847. The summed E-state index contributed by atoms with van der Waals surface area (Å²) >= 11 is 0. The molecule has 0 fully saturated rings. The number of nitrogens with zero attached hydrogens (tertiary/aromatic N) is 2. The van der Waals surface area contributed by atoms with Crippen molar-refractivity contribution in [2.24, 2.45) is 0 Å². The van der Waals surface area contributed by atoms with Gasteiger partial charge in [-0.2, -0.15) is 0 Å². The molecule has 11 aromatic rings. The zero-order chi connectivity index (χ0) is 42.5. The van der Waals surface area contributed by atoms with Crippen LogP contribution in [0.1, 0.15) is 48.6 Å². The lowest BCUT2D eigenvalue weighted by Crippen LogP contribution is -2.62. The van der Waals surface area contributed by atoms with Crippen LogP contribution in [0.4, 0.5) is 28.4 Å². The van der Waals surface area contributed by atoms with Gasteiger partial charge in [0.15, 0.2) is 5.58 Å². The van der Waals surface area contributed by atoms with Gasteiger partial charge >= 0.3 is 6.85 Å². The minimum atomic E-state index is -0.630. The summed E-state index contributed by atoms with van der Waals surface area (Å²) < 4.78 is 13.9. The SMILES string of the molecule is CC(C)(C)c1ccc(N2B3c4cccc5c4N(c4ccccc4C5(c4ccccc4)c4ccccc4)c4c3c(cc3c4oc4ccccc43)-c3cc4c(cc32)oc2ccccc24)cc1. The van der Waals surface area contributed by atoms with Crippen molar-refractivity contribution in [3.63, 3.8) is 0 Å². The van der Waals surface area contributed by atoms with Crippen LogP contribution in [0.3, 0.4) is 0 Å². The third-order valence-corrected chi connectivity index (χ3v) is 14.4. The molecular weight excluding hydrogens is 779 g/mol. The van der Waals surface area contributed by atoms with Gasteiger partial charge in [-0.1, -0.05) is 166 Å². The largest absolute Gasteiger partial charge is 0.456 e. The summed E-state index contributed by atoms with van der Waals surface area (Å²) in [6.07, 6.45) is 0. The highest BCUT2D eigenvalue weighted by molar-refractivity contribution is 6.94. The van der Waals surface area contributed by atoms with Crippen molar-refractivity contribution in [1.82, 2.24) is 0 Å². The highest BCUT2D eigenvalue weighted by Gasteiger charge is 2.54. The van der Waals surface area contributed by atoms with Gasteiger partial charge in [0.1, 0.15) is 16.7 Å². The first-order valence-corrected chi connectivity index (χ1v) is 22.4. The topological polar surface area (TPSA) is 32.8 Å². The highest BCUT2D eigenvalue weighted by atomic mass is 16.3. The molecule has 3 aliphatic rings. The molecule has 0 radical (unpaired) electrons. The van der Waals surface area contributed by atoms with E-state index in [0.717, 1.165) is 66.6 Å². The van der Waals surface area contributed by atoms with E-state index in [9.17, 15) is 0 Å². The molecule has 0 aliphatic carbocycles. The maximum atomic E-state index is 7.19. The van der Waals surface area contributed by atoms with E-state index in [1.807, 2.05) is 0 Å². The van der Waals surface area contributed by atoms with Gasteiger partial charge in [-0.3, -0.25) is 0 Å². The number of hydrogen-bond donors (Lipinski definition) is 0. The Morgan fingerprint density at radius 1 is 0.469 bits per heavy atom. The number of furan rings is 2. The maximum Gasteiger partial charge on any atom is 0.333 e. The van der Waals surface area contributed by atoms with Crippen molar-refractivity contribution in [3.8, 4) is 11.1 Å². The standard InChI is InChI=1S/C59H41BN2O2/c1-58(2,3)36-29-31-39(32-30-36)62-50-35-53-43(40-21-10-14-27-51(40)63-53)33-42(50)44-34-45-41-22-11-15-28-52(41)64-57(45)56-54(44)60(62)48-25-16-24-47-55(48)61(56)49-26-13-12-23-46(49)59(47,37-17-6-4-7-18-37)38-19-8-5-9-20-38/h4-35H,1-3H3. The summed E-state index contributed by atoms with van der Waals surface area (Å²) in [4.78, 5) is 5.16. The zero-order valence-electron chi connectivity index (χ0n) is 35.8. The number of fused-ring (bicyclic) bond motifs is 13.